The molecule has 0 radical (unpaired) electrons. The average Bonchev–Trinajstić information content (AvgIpc) is 2.48. The molecule has 0 aliphatic carbocycles. The standard InChI is InChI=1S/C15H21F2NO3/c1-19-7-4-18-10-11-8-13(16)15(14(17)9-11)21-12-2-5-20-6-3-12/h8-9,12,18H,2-7,10H2,1H3. The fourth-order valence-electron chi connectivity index (χ4n) is 2.19. The highest BCUT2D eigenvalue weighted by molar-refractivity contribution is 5.31. The molecule has 0 bridgehead atoms. The average molecular weight is 301 g/mol. The number of benzene rings is 1. The molecule has 1 aromatic carbocycles. The number of nitrogens with one attached hydrogen (secondary N) is 1. The molecular weight excluding hydrogens is 280 g/mol. The van der Waals surface area contributed by atoms with Crippen molar-refractivity contribution in [1.82, 2.24) is 5.32 Å². The Hall–Kier alpha value is -1.24. The van der Waals surface area contributed by atoms with Crippen LogP contribution in [-0.4, -0.2) is 39.6 Å². The largest absolute Gasteiger partial charge is 0.484 e. The molecule has 0 unspecified atom stereocenters. The van der Waals surface area contributed by atoms with Crippen molar-refractivity contribution in [3.8, 4) is 5.75 Å². The van der Waals surface area contributed by atoms with Crippen molar-refractivity contribution in [3.63, 3.8) is 0 Å². The minimum Gasteiger partial charge on any atom is -0.484 e. The van der Waals surface area contributed by atoms with E-state index in [-0.39, 0.29) is 11.9 Å². The third-order valence-corrected chi connectivity index (χ3v) is 3.32. The first-order valence-electron chi connectivity index (χ1n) is 7.12. The molecule has 21 heavy (non-hydrogen) atoms. The smallest absolute Gasteiger partial charge is 0.191 e. The van der Waals surface area contributed by atoms with E-state index in [0.717, 1.165) is 0 Å². The van der Waals surface area contributed by atoms with E-state index < -0.39 is 11.6 Å². The van der Waals surface area contributed by atoms with Gasteiger partial charge in [-0.3, -0.25) is 0 Å². The summed E-state index contributed by atoms with van der Waals surface area (Å²) in [6, 6.07) is 2.61. The molecule has 1 aliphatic heterocycles. The van der Waals surface area contributed by atoms with Crippen LogP contribution in [-0.2, 0) is 16.0 Å². The van der Waals surface area contributed by atoms with Gasteiger partial charge < -0.3 is 19.5 Å². The molecule has 6 heteroatoms. The summed E-state index contributed by atoms with van der Waals surface area (Å²) in [7, 11) is 1.60. The fourth-order valence-corrected chi connectivity index (χ4v) is 2.19. The van der Waals surface area contributed by atoms with Gasteiger partial charge in [0.25, 0.3) is 0 Å². The van der Waals surface area contributed by atoms with Crippen LogP contribution in [0.2, 0.25) is 0 Å². The van der Waals surface area contributed by atoms with Gasteiger partial charge in [0, 0.05) is 33.0 Å². The van der Waals surface area contributed by atoms with E-state index in [2.05, 4.69) is 5.32 Å². The quantitative estimate of drug-likeness (QED) is 0.784. The molecule has 1 aliphatic rings. The molecule has 0 amide bonds. The fraction of sp³-hybridized carbons (Fsp3) is 0.600. The van der Waals surface area contributed by atoms with Crippen LogP contribution in [0.25, 0.3) is 0 Å². The Morgan fingerprint density at radius 2 is 1.90 bits per heavy atom. The van der Waals surface area contributed by atoms with Crippen molar-refractivity contribution in [2.75, 3.05) is 33.5 Å². The number of hydrogen-bond donors (Lipinski definition) is 1. The maximum Gasteiger partial charge on any atom is 0.191 e. The Kier molecular flexibility index (Phi) is 6.35. The van der Waals surface area contributed by atoms with E-state index in [1.807, 2.05) is 0 Å². The summed E-state index contributed by atoms with van der Waals surface area (Å²) in [6.07, 6.45) is 1.12. The van der Waals surface area contributed by atoms with Gasteiger partial charge in [-0.15, -0.1) is 0 Å². The predicted octanol–water partition coefficient (Wildman–Crippen LogP) is 2.26. The zero-order chi connectivity index (χ0) is 15.1. The van der Waals surface area contributed by atoms with E-state index in [9.17, 15) is 8.78 Å². The van der Waals surface area contributed by atoms with Gasteiger partial charge >= 0.3 is 0 Å². The minimum absolute atomic E-state index is 0.187. The zero-order valence-electron chi connectivity index (χ0n) is 12.2. The summed E-state index contributed by atoms with van der Waals surface area (Å²) < 4.78 is 43.5. The third-order valence-electron chi connectivity index (χ3n) is 3.32. The minimum atomic E-state index is -0.662. The van der Waals surface area contributed by atoms with Crippen molar-refractivity contribution < 1.29 is 23.0 Å². The third kappa shape index (κ3) is 4.91. The van der Waals surface area contributed by atoms with Crippen molar-refractivity contribution >= 4 is 0 Å². The van der Waals surface area contributed by atoms with Crippen molar-refractivity contribution in [3.05, 3.63) is 29.3 Å². The first-order chi connectivity index (χ1) is 10.2. The Morgan fingerprint density at radius 1 is 1.24 bits per heavy atom. The number of ether oxygens (including phenoxy) is 3. The summed E-state index contributed by atoms with van der Waals surface area (Å²) >= 11 is 0. The molecule has 1 N–H and O–H groups in total. The first kappa shape index (κ1) is 16.1. The van der Waals surface area contributed by atoms with Gasteiger partial charge in [0.1, 0.15) is 6.10 Å². The second-order valence-corrected chi connectivity index (χ2v) is 4.99. The summed E-state index contributed by atoms with van der Waals surface area (Å²) in [4.78, 5) is 0. The van der Waals surface area contributed by atoms with Gasteiger partial charge in [0.15, 0.2) is 17.4 Å². The summed E-state index contributed by atoms with van der Waals surface area (Å²) in [6.45, 7) is 2.69. The lowest BCUT2D eigenvalue weighted by atomic mass is 10.1. The maximum absolute atomic E-state index is 14.0. The lowest BCUT2D eigenvalue weighted by molar-refractivity contribution is 0.0223. The van der Waals surface area contributed by atoms with Crippen LogP contribution in [0, 0.1) is 11.6 Å². The lowest BCUT2D eigenvalue weighted by Crippen LogP contribution is -2.26. The second-order valence-electron chi connectivity index (χ2n) is 4.99. The zero-order valence-corrected chi connectivity index (χ0v) is 12.2. The molecule has 2 rings (SSSR count). The maximum atomic E-state index is 14.0. The molecule has 1 fully saturated rings. The van der Waals surface area contributed by atoms with Crippen LogP contribution in [0.5, 0.6) is 5.75 Å². The topological polar surface area (TPSA) is 39.7 Å². The Labute approximate surface area is 123 Å². The second kappa shape index (κ2) is 8.26. The lowest BCUT2D eigenvalue weighted by Gasteiger charge is -2.23. The summed E-state index contributed by atoms with van der Waals surface area (Å²) in [5.74, 6) is -1.61. The van der Waals surface area contributed by atoms with E-state index in [1.165, 1.54) is 12.1 Å². The van der Waals surface area contributed by atoms with Gasteiger partial charge in [0.05, 0.1) is 19.8 Å². The van der Waals surface area contributed by atoms with Crippen LogP contribution in [0.3, 0.4) is 0 Å². The number of halogens is 2. The van der Waals surface area contributed by atoms with E-state index in [1.54, 1.807) is 7.11 Å². The molecule has 4 nitrogen and oxygen atoms in total. The molecular formula is C15H21F2NO3. The van der Waals surface area contributed by atoms with E-state index in [0.29, 0.717) is 51.3 Å². The summed E-state index contributed by atoms with van der Waals surface area (Å²) in [5, 5.41) is 3.04. The highest BCUT2D eigenvalue weighted by atomic mass is 19.1. The van der Waals surface area contributed by atoms with Crippen LogP contribution >= 0.6 is 0 Å². The molecule has 1 heterocycles. The molecule has 1 aromatic rings. The van der Waals surface area contributed by atoms with Gasteiger partial charge in [-0.25, -0.2) is 8.78 Å². The molecule has 0 atom stereocenters. The van der Waals surface area contributed by atoms with Crippen LogP contribution in [0.4, 0.5) is 8.78 Å². The highest BCUT2D eigenvalue weighted by Crippen LogP contribution is 2.26. The highest BCUT2D eigenvalue weighted by Gasteiger charge is 2.20. The van der Waals surface area contributed by atoms with Gasteiger partial charge in [-0.05, 0) is 17.7 Å². The van der Waals surface area contributed by atoms with Crippen LogP contribution < -0.4 is 10.1 Å². The van der Waals surface area contributed by atoms with Gasteiger partial charge in [-0.1, -0.05) is 0 Å². The van der Waals surface area contributed by atoms with Crippen LogP contribution in [0.1, 0.15) is 18.4 Å². The molecule has 0 aromatic heterocycles. The van der Waals surface area contributed by atoms with Crippen molar-refractivity contribution in [2.24, 2.45) is 0 Å². The number of hydrogen-bond acceptors (Lipinski definition) is 4. The predicted molar refractivity (Wildman–Crippen MR) is 74.4 cm³/mol. The van der Waals surface area contributed by atoms with Crippen LogP contribution in [0.15, 0.2) is 12.1 Å². The van der Waals surface area contributed by atoms with Crippen molar-refractivity contribution in [1.29, 1.82) is 0 Å². The molecule has 0 saturated carbocycles. The Balaban J connectivity index is 1.95. The number of methoxy groups -OCH3 is 1. The monoisotopic (exact) mass is 301 g/mol. The first-order valence-corrected chi connectivity index (χ1v) is 7.12. The van der Waals surface area contributed by atoms with Gasteiger partial charge in [-0.2, -0.15) is 0 Å². The van der Waals surface area contributed by atoms with E-state index >= 15 is 0 Å². The molecule has 1 saturated heterocycles. The molecule has 118 valence electrons. The summed E-state index contributed by atoms with van der Waals surface area (Å²) in [5.41, 5.74) is 0.542. The molecule has 0 spiro atoms. The Bertz CT molecular complexity index is 428. The van der Waals surface area contributed by atoms with Crippen molar-refractivity contribution in [2.45, 2.75) is 25.5 Å². The van der Waals surface area contributed by atoms with E-state index in [4.69, 9.17) is 14.2 Å². The normalized spacial score (nSPS) is 16.1. The Morgan fingerprint density at radius 3 is 2.52 bits per heavy atom. The van der Waals surface area contributed by atoms with Gasteiger partial charge in [0.2, 0.25) is 0 Å². The SMILES string of the molecule is COCCNCc1cc(F)c(OC2CCOCC2)c(F)c1. The number of rotatable bonds is 7.